The van der Waals surface area contributed by atoms with E-state index < -0.39 is 0 Å². The van der Waals surface area contributed by atoms with Gasteiger partial charge in [-0.05, 0) is 52.6 Å². The molecule has 3 heterocycles. The molecule has 0 fully saturated rings. The molecule has 0 atom stereocenters. The van der Waals surface area contributed by atoms with E-state index in [0.717, 1.165) is 82.8 Å². The van der Waals surface area contributed by atoms with Crippen LogP contribution >= 0.6 is 0 Å². The summed E-state index contributed by atoms with van der Waals surface area (Å²) in [6.45, 7) is 0. The second-order valence-corrected chi connectivity index (χ2v) is 12.4. The van der Waals surface area contributed by atoms with E-state index >= 15 is 0 Å². The fraction of sp³-hybridized carbons (Fsp3) is 0. The highest BCUT2D eigenvalue weighted by molar-refractivity contribution is 6.14. The first-order valence-electron chi connectivity index (χ1n) is 16.6. The van der Waals surface area contributed by atoms with E-state index in [9.17, 15) is 0 Å². The van der Waals surface area contributed by atoms with Crippen LogP contribution in [0.1, 0.15) is 0 Å². The van der Waals surface area contributed by atoms with E-state index in [2.05, 4.69) is 91.0 Å². The fourth-order valence-electron chi connectivity index (χ4n) is 6.94. The second kappa shape index (κ2) is 11.4. The first-order chi connectivity index (χ1) is 24.8. The number of hydrogen-bond donors (Lipinski definition) is 0. The van der Waals surface area contributed by atoms with Crippen LogP contribution in [0.25, 0.3) is 100 Å². The Morgan fingerprint density at radius 2 is 0.860 bits per heavy atom. The average molecular weight is 642 g/mol. The Bertz CT molecular complexity index is 2850. The van der Waals surface area contributed by atoms with E-state index in [4.69, 9.17) is 23.8 Å². The minimum Gasteiger partial charge on any atom is -0.456 e. The lowest BCUT2D eigenvalue weighted by atomic mass is 9.97. The highest BCUT2D eigenvalue weighted by Gasteiger charge is 2.19. The number of furan rings is 2. The lowest BCUT2D eigenvalue weighted by Gasteiger charge is -2.09. The van der Waals surface area contributed by atoms with Crippen LogP contribution in [0.3, 0.4) is 0 Å². The summed E-state index contributed by atoms with van der Waals surface area (Å²) in [4.78, 5) is 15.0. The van der Waals surface area contributed by atoms with Crippen LogP contribution in [-0.4, -0.2) is 15.0 Å². The van der Waals surface area contributed by atoms with Gasteiger partial charge in [0.1, 0.15) is 22.3 Å². The van der Waals surface area contributed by atoms with Crippen molar-refractivity contribution in [2.45, 2.75) is 0 Å². The van der Waals surface area contributed by atoms with Gasteiger partial charge in [0.2, 0.25) is 0 Å². The zero-order valence-corrected chi connectivity index (χ0v) is 26.7. The minimum absolute atomic E-state index is 0.556. The quantitative estimate of drug-likeness (QED) is 0.187. The fourth-order valence-corrected chi connectivity index (χ4v) is 6.94. The van der Waals surface area contributed by atoms with Crippen molar-refractivity contribution in [2.75, 3.05) is 0 Å². The number of nitrogens with zero attached hydrogens (tertiary/aromatic N) is 3. The maximum atomic E-state index is 6.61. The molecule has 0 aliphatic carbocycles. The molecule has 10 aromatic rings. The van der Waals surface area contributed by atoms with Crippen LogP contribution < -0.4 is 0 Å². The molecule has 0 unspecified atom stereocenters. The third-order valence-corrected chi connectivity index (χ3v) is 9.37. The summed E-state index contributed by atoms with van der Waals surface area (Å²) in [6, 6.07) is 55.7. The van der Waals surface area contributed by atoms with Gasteiger partial charge >= 0.3 is 0 Å². The Labute approximate surface area is 287 Å². The summed E-state index contributed by atoms with van der Waals surface area (Å²) >= 11 is 0. The molecule has 7 aromatic carbocycles. The SMILES string of the molecule is c1ccc(-c2ccc(-c3nc(-c4ccccc4)nc(-c4cccc5c4oc4ccc(-c6cccc7oc8ccccc8c67)cc45)n3)cc2)cc1. The highest BCUT2D eigenvalue weighted by atomic mass is 16.3. The molecule has 0 saturated heterocycles. The van der Waals surface area contributed by atoms with Gasteiger partial charge in [0.25, 0.3) is 0 Å². The zero-order chi connectivity index (χ0) is 33.0. The Morgan fingerprint density at radius 3 is 1.66 bits per heavy atom. The molecule has 5 heteroatoms. The van der Waals surface area contributed by atoms with E-state index in [1.165, 1.54) is 0 Å². The Balaban J connectivity index is 1.13. The van der Waals surface area contributed by atoms with Crippen molar-refractivity contribution in [3.63, 3.8) is 0 Å². The third-order valence-electron chi connectivity index (χ3n) is 9.37. The summed E-state index contributed by atoms with van der Waals surface area (Å²) < 4.78 is 12.8. The molecular formula is C45H27N3O2. The zero-order valence-electron chi connectivity index (χ0n) is 26.7. The van der Waals surface area contributed by atoms with Crippen molar-refractivity contribution in [2.24, 2.45) is 0 Å². The molecule has 3 aromatic heterocycles. The second-order valence-electron chi connectivity index (χ2n) is 12.4. The number of aromatic nitrogens is 3. The molecule has 10 rings (SSSR count). The summed E-state index contributed by atoms with van der Waals surface area (Å²) in [6.07, 6.45) is 0. The molecule has 0 spiro atoms. The van der Waals surface area contributed by atoms with Crippen LogP contribution in [0.15, 0.2) is 173 Å². The van der Waals surface area contributed by atoms with E-state index in [1.807, 2.05) is 72.8 Å². The maximum absolute atomic E-state index is 6.61. The van der Waals surface area contributed by atoms with Crippen LogP contribution in [-0.2, 0) is 0 Å². The first kappa shape index (κ1) is 28.2. The van der Waals surface area contributed by atoms with Crippen molar-refractivity contribution < 1.29 is 8.83 Å². The van der Waals surface area contributed by atoms with Crippen molar-refractivity contribution in [3.8, 4) is 56.4 Å². The molecular weight excluding hydrogens is 615 g/mol. The van der Waals surface area contributed by atoms with Gasteiger partial charge < -0.3 is 8.83 Å². The van der Waals surface area contributed by atoms with Gasteiger partial charge in [-0.2, -0.15) is 0 Å². The molecule has 0 amide bonds. The summed E-state index contributed by atoms with van der Waals surface area (Å²) in [5.74, 6) is 1.76. The normalized spacial score (nSPS) is 11.6. The third kappa shape index (κ3) is 4.67. The molecule has 0 N–H and O–H groups in total. The van der Waals surface area contributed by atoms with Gasteiger partial charge in [-0.25, -0.2) is 15.0 Å². The largest absolute Gasteiger partial charge is 0.456 e. The van der Waals surface area contributed by atoms with Crippen LogP contribution in [0, 0.1) is 0 Å². The van der Waals surface area contributed by atoms with E-state index in [-0.39, 0.29) is 0 Å². The van der Waals surface area contributed by atoms with Gasteiger partial charge in [0, 0.05) is 32.7 Å². The minimum atomic E-state index is 0.556. The van der Waals surface area contributed by atoms with Gasteiger partial charge in [0.05, 0.1) is 5.56 Å². The highest BCUT2D eigenvalue weighted by Crippen LogP contribution is 2.41. The molecule has 0 radical (unpaired) electrons. The number of rotatable bonds is 5. The molecule has 0 bridgehead atoms. The number of benzene rings is 7. The van der Waals surface area contributed by atoms with Crippen LogP contribution in [0.4, 0.5) is 0 Å². The molecule has 0 aliphatic heterocycles. The lowest BCUT2D eigenvalue weighted by Crippen LogP contribution is -2.00. The summed E-state index contributed by atoms with van der Waals surface area (Å²) in [5.41, 5.74) is 10.4. The van der Waals surface area contributed by atoms with Gasteiger partial charge in [0.15, 0.2) is 17.5 Å². The molecule has 0 aliphatic rings. The predicted molar refractivity (Wildman–Crippen MR) is 202 cm³/mol. The molecule has 50 heavy (non-hydrogen) atoms. The maximum Gasteiger partial charge on any atom is 0.167 e. The van der Waals surface area contributed by atoms with Crippen LogP contribution in [0.2, 0.25) is 0 Å². The summed E-state index contributed by atoms with van der Waals surface area (Å²) in [5, 5.41) is 4.24. The van der Waals surface area contributed by atoms with Crippen molar-refractivity contribution >= 4 is 43.9 Å². The van der Waals surface area contributed by atoms with Gasteiger partial charge in [-0.1, -0.05) is 133 Å². The monoisotopic (exact) mass is 641 g/mol. The van der Waals surface area contributed by atoms with Gasteiger partial charge in [-0.3, -0.25) is 0 Å². The number of fused-ring (bicyclic) bond motifs is 6. The first-order valence-corrected chi connectivity index (χ1v) is 16.6. The molecule has 0 saturated carbocycles. The Kier molecular flexibility index (Phi) is 6.42. The number of para-hydroxylation sites is 2. The van der Waals surface area contributed by atoms with Crippen molar-refractivity contribution in [3.05, 3.63) is 164 Å². The van der Waals surface area contributed by atoms with Crippen LogP contribution in [0.5, 0.6) is 0 Å². The number of hydrogen-bond acceptors (Lipinski definition) is 5. The smallest absolute Gasteiger partial charge is 0.167 e. The van der Waals surface area contributed by atoms with Gasteiger partial charge in [-0.15, -0.1) is 0 Å². The van der Waals surface area contributed by atoms with Crippen molar-refractivity contribution in [1.29, 1.82) is 0 Å². The molecule has 234 valence electrons. The standard InChI is InChI=1S/C45H27N3O2/c1-3-11-28(12-4-1)29-21-23-31(24-22-29)44-46-43(30-13-5-2-6-14-30)47-45(48-44)36-18-9-17-34-37-27-32(25-26-39(37)50-42(34)36)33-16-10-20-40-41(33)35-15-7-8-19-38(35)49-40/h1-27H. The Morgan fingerprint density at radius 1 is 0.320 bits per heavy atom. The summed E-state index contributed by atoms with van der Waals surface area (Å²) in [7, 11) is 0. The predicted octanol–water partition coefficient (Wildman–Crippen LogP) is 12.0. The van der Waals surface area contributed by atoms with E-state index in [0.29, 0.717) is 17.5 Å². The topological polar surface area (TPSA) is 65.0 Å². The molecule has 5 nitrogen and oxygen atoms in total. The Hall–Kier alpha value is -6.85. The van der Waals surface area contributed by atoms with Crippen molar-refractivity contribution in [1.82, 2.24) is 15.0 Å². The van der Waals surface area contributed by atoms with E-state index in [1.54, 1.807) is 0 Å². The lowest BCUT2D eigenvalue weighted by molar-refractivity contribution is 0.669. The average Bonchev–Trinajstić information content (AvgIpc) is 3.77.